The van der Waals surface area contributed by atoms with Crippen molar-refractivity contribution in [2.45, 2.75) is 0 Å². The number of rotatable bonds is 1. The zero-order chi connectivity index (χ0) is 10.1. The van der Waals surface area contributed by atoms with Crippen LogP contribution in [-0.2, 0) is 0 Å². The highest BCUT2D eigenvalue weighted by Crippen LogP contribution is 2.18. The molecule has 0 bridgehead atoms. The van der Waals surface area contributed by atoms with E-state index in [-0.39, 0.29) is 5.95 Å². The van der Waals surface area contributed by atoms with Crippen molar-refractivity contribution in [3.8, 4) is 11.4 Å². The van der Waals surface area contributed by atoms with Crippen LogP contribution in [0.3, 0.4) is 0 Å². The average Bonchev–Trinajstić information content (AvgIpc) is 2.50. The lowest BCUT2D eigenvalue weighted by Crippen LogP contribution is -2.13. The fraction of sp³-hybridized carbons (Fsp3) is 0. The third-order valence-corrected chi connectivity index (χ3v) is 2.54. The molecule has 4 N–H and O–H groups in total. The SMILES string of the molecule is Nc1nnc(-c2ccc(I)cc2)n1N. The normalized spacial score (nSPS) is 10.4. The molecule has 0 unspecified atom stereocenters. The summed E-state index contributed by atoms with van der Waals surface area (Å²) in [5, 5.41) is 7.55. The van der Waals surface area contributed by atoms with E-state index in [2.05, 4.69) is 32.8 Å². The molecule has 0 saturated carbocycles. The molecule has 0 atom stereocenters. The van der Waals surface area contributed by atoms with Gasteiger partial charge in [-0.05, 0) is 34.7 Å². The van der Waals surface area contributed by atoms with Crippen LogP contribution >= 0.6 is 22.6 Å². The van der Waals surface area contributed by atoms with Crippen molar-refractivity contribution >= 4 is 28.5 Å². The van der Waals surface area contributed by atoms with Crippen molar-refractivity contribution in [3.63, 3.8) is 0 Å². The third kappa shape index (κ3) is 1.52. The van der Waals surface area contributed by atoms with Gasteiger partial charge in [-0.2, -0.15) is 0 Å². The van der Waals surface area contributed by atoms with E-state index in [0.29, 0.717) is 5.82 Å². The van der Waals surface area contributed by atoms with E-state index in [0.717, 1.165) is 9.13 Å². The van der Waals surface area contributed by atoms with Gasteiger partial charge in [0.05, 0.1) is 0 Å². The van der Waals surface area contributed by atoms with E-state index in [4.69, 9.17) is 11.6 Å². The molecule has 72 valence electrons. The number of aromatic nitrogens is 3. The zero-order valence-corrected chi connectivity index (χ0v) is 9.34. The molecule has 0 aliphatic rings. The van der Waals surface area contributed by atoms with Gasteiger partial charge in [-0.25, -0.2) is 4.68 Å². The monoisotopic (exact) mass is 301 g/mol. The number of benzene rings is 1. The fourth-order valence-corrected chi connectivity index (χ4v) is 1.46. The van der Waals surface area contributed by atoms with Crippen LogP contribution in [0.2, 0.25) is 0 Å². The van der Waals surface area contributed by atoms with Crippen LogP contribution < -0.4 is 11.6 Å². The molecule has 0 amide bonds. The Morgan fingerprint density at radius 1 is 1.14 bits per heavy atom. The molecule has 0 radical (unpaired) electrons. The Hall–Kier alpha value is -1.31. The van der Waals surface area contributed by atoms with Gasteiger partial charge in [-0.1, -0.05) is 12.1 Å². The van der Waals surface area contributed by atoms with Gasteiger partial charge in [0.15, 0.2) is 5.82 Å². The maximum absolute atomic E-state index is 5.64. The van der Waals surface area contributed by atoms with Crippen LogP contribution in [0, 0.1) is 3.57 Å². The van der Waals surface area contributed by atoms with Crippen molar-refractivity contribution in [1.82, 2.24) is 14.9 Å². The topological polar surface area (TPSA) is 82.8 Å². The molecule has 14 heavy (non-hydrogen) atoms. The van der Waals surface area contributed by atoms with E-state index in [1.165, 1.54) is 4.68 Å². The van der Waals surface area contributed by atoms with E-state index >= 15 is 0 Å². The first-order valence-corrected chi connectivity index (χ1v) is 4.98. The first kappa shape index (κ1) is 9.25. The van der Waals surface area contributed by atoms with Gasteiger partial charge >= 0.3 is 0 Å². The Kier molecular flexibility index (Phi) is 2.28. The van der Waals surface area contributed by atoms with E-state index < -0.39 is 0 Å². The summed E-state index contributed by atoms with van der Waals surface area (Å²) in [6, 6.07) is 7.80. The molecule has 0 saturated heterocycles. The second-order valence-corrected chi connectivity index (χ2v) is 4.00. The lowest BCUT2D eigenvalue weighted by atomic mass is 10.2. The molecule has 1 aromatic heterocycles. The molecule has 5 nitrogen and oxygen atoms in total. The fourth-order valence-electron chi connectivity index (χ4n) is 1.10. The van der Waals surface area contributed by atoms with Gasteiger partial charge in [0.1, 0.15) is 0 Å². The number of halogens is 1. The number of hydrogen-bond donors (Lipinski definition) is 2. The minimum atomic E-state index is 0.207. The molecule has 1 heterocycles. The minimum absolute atomic E-state index is 0.207. The van der Waals surface area contributed by atoms with Gasteiger partial charge in [0.2, 0.25) is 5.95 Å². The highest BCUT2D eigenvalue weighted by molar-refractivity contribution is 14.1. The Labute approximate surface area is 94.2 Å². The third-order valence-electron chi connectivity index (χ3n) is 1.82. The Bertz CT molecular complexity index is 447. The number of nitrogen functional groups attached to an aromatic ring is 2. The van der Waals surface area contributed by atoms with Crippen molar-refractivity contribution < 1.29 is 0 Å². The van der Waals surface area contributed by atoms with Crippen LogP contribution in [0.25, 0.3) is 11.4 Å². The van der Waals surface area contributed by atoms with Crippen molar-refractivity contribution in [3.05, 3.63) is 27.8 Å². The number of nitrogens with two attached hydrogens (primary N) is 2. The molecule has 0 fully saturated rings. The minimum Gasteiger partial charge on any atom is -0.366 e. The van der Waals surface area contributed by atoms with Crippen LogP contribution in [0.4, 0.5) is 5.95 Å². The maximum atomic E-state index is 5.64. The number of hydrogen-bond acceptors (Lipinski definition) is 4. The van der Waals surface area contributed by atoms with Crippen LogP contribution in [0.1, 0.15) is 0 Å². The smallest absolute Gasteiger partial charge is 0.241 e. The molecule has 6 heteroatoms. The second kappa shape index (κ2) is 3.45. The van der Waals surface area contributed by atoms with Gasteiger partial charge in [-0.15, -0.1) is 10.2 Å². The molecule has 1 aromatic carbocycles. The quantitative estimate of drug-likeness (QED) is 0.604. The summed E-state index contributed by atoms with van der Waals surface area (Å²) in [6.07, 6.45) is 0. The first-order chi connectivity index (χ1) is 6.68. The summed E-state index contributed by atoms with van der Waals surface area (Å²) in [7, 11) is 0. The Morgan fingerprint density at radius 3 is 2.29 bits per heavy atom. The van der Waals surface area contributed by atoms with Crippen molar-refractivity contribution in [2.75, 3.05) is 11.6 Å². The molecule has 0 aliphatic heterocycles. The van der Waals surface area contributed by atoms with Gasteiger partial charge < -0.3 is 11.6 Å². The van der Waals surface area contributed by atoms with Crippen LogP contribution in [0.5, 0.6) is 0 Å². The van der Waals surface area contributed by atoms with E-state index in [1.807, 2.05) is 24.3 Å². The summed E-state index contributed by atoms with van der Waals surface area (Å²) in [6.45, 7) is 0. The van der Waals surface area contributed by atoms with Gasteiger partial charge in [-0.3, -0.25) is 0 Å². The van der Waals surface area contributed by atoms with Crippen molar-refractivity contribution in [2.24, 2.45) is 0 Å². The first-order valence-electron chi connectivity index (χ1n) is 3.90. The Balaban J connectivity index is 2.49. The van der Waals surface area contributed by atoms with Crippen LogP contribution in [0.15, 0.2) is 24.3 Å². The van der Waals surface area contributed by atoms with Gasteiger partial charge in [0, 0.05) is 9.13 Å². The predicted octanol–water partition coefficient (Wildman–Crippen LogP) is 0.846. The predicted molar refractivity (Wildman–Crippen MR) is 62.7 cm³/mol. The summed E-state index contributed by atoms with van der Waals surface area (Å²) >= 11 is 2.23. The van der Waals surface area contributed by atoms with Gasteiger partial charge in [0.25, 0.3) is 0 Å². The zero-order valence-electron chi connectivity index (χ0n) is 7.18. The Morgan fingerprint density at radius 2 is 1.79 bits per heavy atom. The number of nitrogens with zero attached hydrogens (tertiary/aromatic N) is 3. The molecule has 2 rings (SSSR count). The average molecular weight is 301 g/mol. The summed E-state index contributed by atoms with van der Waals surface area (Å²) in [5.41, 5.74) is 6.37. The highest BCUT2D eigenvalue weighted by Gasteiger charge is 2.07. The second-order valence-electron chi connectivity index (χ2n) is 2.76. The lowest BCUT2D eigenvalue weighted by molar-refractivity contribution is 1.02. The largest absolute Gasteiger partial charge is 0.366 e. The molecule has 0 aliphatic carbocycles. The molecular formula is C8H8IN5. The standard InChI is InChI=1S/C8H8IN5/c9-6-3-1-5(2-4-6)7-12-13-8(10)14(7)11/h1-4H,11H2,(H2,10,13). The number of anilines is 1. The highest BCUT2D eigenvalue weighted by atomic mass is 127. The molecule has 2 aromatic rings. The molecular weight excluding hydrogens is 293 g/mol. The van der Waals surface area contributed by atoms with E-state index in [1.54, 1.807) is 0 Å². The summed E-state index contributed by atoms with van der Waals surface area (Å²) in [4.78, 5) is 0. The van der Waals surface area contributed by atoms with E-state index in [9.17, 15) is 0 Å². The summed E-state index contributed by atoms with van der Waals surface area (Å²) < 4.78 is 2.42. The molecule has 0 spiro atoms. The maximum Gasteiger partial charge on any atom is 0.241 e. The summed E-state index contributed by atoms with van der Waals surface area (Å²) in [5.74, 6) is 6.41. The lowest BCUT2D eigenvalue weighted by Gasteiger charge is -2.00. The van der Waals surface area contributed by atoms with Crippen molar-refractivity contribution in [1.29, 1.82) is 0 Å². The van der Waals surface area contributed by atoms with Crippen LogP contribution in [-0.4, -0.2) is 14.9 Å².